The molecule has 0 bridgehead atoms. The Morgan fingerprint density at radius 3 is 2.36 bits per heavy atom. The summed E-state index contributed by atoms with van der Waals surface area (Å²) in [6, 6.07) is -1.77. The van der Waals surface area contributed by atoms with Crippen LogP contribution in [0.2, 0.25) is 0 Å². The van der Waals surface area contributed by atoms with Gasteiger partial charge in [-0.3, -0.25) is 24.0 Å². The monoisotopic (exact) mass is 485 g/mol. The van der Waals surface area contributed by atoms with Crippen molar-refractivity contribution >= 4 is 41.2 Å². The molecule has 1 aliphatic rings. The van der Waals surface area contributed by atoms with Gasteiger partial charge in [-0.15, -0.1) is 0 Å². The van der Waals surface area contributed by atoms with Gasteiger partial charge in [0, 0.05) is 6.54 Å². The van der Waals surface area contributed by atoms with Crippen LogP contribution in [0.4, 0.5) is 0 Å². The van der Waals surface area contributed by atoms with E-state index in [0.717, 1.165) is 6.42 Å². The molecule has 3 atom stereocenters. The van der Waals surface area contributed by atoms with Crippen LogP contribution in [0, 0.1) is 5.92 Å². The number of hydrogen-bond donors (Lipinski definition) is 4. The summed E-state index contributed by atoms with van der Waals surface area (Å²) in [6.07, 6.45) is 3.55. The average molecular weight is 486 g/mol. The number of likely N-dealkylation sites (N-methyl/N-ethyl adjacent to an activating group) is 1. The highest BCUT2D eigenvalue weighted by Crippen LogP contribution is 2.20. The van der Waals surface area contributed by atoms with Crippen molar-refractivity contribution in [3.63, 3.8) is 0 Å². The van der Waals surface area contributed by atoms with E-state index in [4.69, 9.17) is 0 Å². The van der Waals surface area contributed by atoms with E-state index in [0.29, 0.717) is 31.7 Å². The fourth-order valence-electron chi connectivity index (χ4n) is 3.68. The number of carbonyl (C=O) groups is 5. The molecule has 1 saturated heterocycles. The second-order valence-electron chi connectivity index (χ2n) is 8.51. The zero-order valence-corrected chi connectivity index (χ0v) is 21.2. The number of carbonyl (C=O) groups excluding carboxylic acids is 5. The van der Waals surface area contributed by atoms with Gasteiger partial charge in [0.05, 0.1) is 19.1 Å². The predicted octanol–water partition coefficient (Wildman–Crippen LogP) is -0.329. The highest BCUT2D eigenvalue weighted by Gasteiger charge is 2.37. The number of nitrogens with zero attached hydrogens (tertiary/aromatic N) is 1. The zero-order chi connectivity index (χ0) is 25.0. The number of rotatable bonds is 14. The number of Topliss-reactive ketones (excluding diaryl/α,β-unsaturated/α-hetero) is 1. The number of thioether (sulfide) groups is 1. The lowest BCUT2D eigenvalue weighted by Crippen LogP contribution is -2.55. The van der Waals surface area contributed by atoms with Crippen LogP contribution in [0.15, 0.2) is 0 Å². The fourth-order valence-corrected chi connectivity index (χ4v) is 4.15. The quantitative estimate of drug-likeness (QED) is 0.264. The first-order valence-electron chi connectivity index (χ1n) is 11.5. The molecule has 10 nitrogen and oxygen atoms in total. The van der Waals surface area contributed by atoms with E-state index in [9.17, 15) is 24.0 Å². The fraction of sp³-hybridized carbons (Fsp3) is 0.773. The molecule has 4 amide bonds. The van der Waals surface area contributed by atoms with Gasteiger partial charge in [-0.25, -0.2) is 0 Å². The van der Waals surface area contributed by atoms with E-state index < -0.39 is 23.9 Å². The summed E-state index contributed by atoms with van der Waals surface area (Å²) in [6.45, 7) is 7.97. The van der Waals surface area contributed by atoms with Crippen molar-refractivity contribution in [2.45, 2.75) is 65.1 Å². The molecular formula is C22H39N5O5S. The second kappa shape index (κ2) is 14.9. The summed E-state index contributed by atoms with van der Waals surface area (Å²) in [4.78, 5) is 63.2. The lowest BCUT2D eigenvalue weighted by atomic mass is 10.0. The zero-order valence-electron chi connectivity index (χ0n) is 20.4. The Morgan fingerprint density at radius 1 is 1.09 bits per heavy atom. The maximum atomic E-state index is 13.0. The van der Waals surface area contributed by atoms with Crippen molar-refractivity contribution in [2.24, 2.45) is 5.92 Å². The van der Waals surface area contributed by atoms with Crippen molar-refractivity contribution < 1.29 is 24.0 Å². The molecule has 1 heterocycles. The van der Waals surface area contributed by atoms with E-state index in [1.165, 1.54) is 18.7 Å². The third kappa shape index (κ3) is 9.71. The molecule has 1 rings (SSSR count). The Hall–Kier alpha value is -2.14. The van der Waals surface area contributed by atoms with Gasteiger partial charge in [-0.1, -0.05) is 20.8 Å². The summed E-state index contributed by atoms with van der Waals surface area (Å²) >= 11 is 1.53. The predicted molar refractivity (Wildman–Crippen MR) is 129 cm³/mol. The summed E-state index contributed by atoms with van der Waals surface area (Å²) in [7, 11) is 0. The third-order valence-corrected chi connectivity index (χ3v) is 6.04. The second-order valence-corrected chi connectivity index (χ2v) is 9.49. The van der Waals surface area contributed by atoms with Gasteiger partial charge in [-0.05, 0) is 50.7 Å². The maximum absolute atomic E-state index is 13.0. The first kappa shape index (κ1) is 28.9. The van der Waals surface area contributed by atoms with Crippen molar-refractivity contribution in [1.29, 1.82) is 0 Å². The van der Waals surface area contributed by atoms with E-state index in [2.05, 4.69) is 21.3 Å². The van der Waals surface area contributed by atoms with Gasteiger partial charge in [0.25, 0.3) is 0 Å². The van der Waals surface area contributed by atoms with E-state index in [1.54, 1.807) is 4.90 Å². The van der Waals surface area contributed by atoms with Crippen LogP contribution in [-0.2, 0) is 24.0 Å². The van der Waals surface area contributed by atoms with E-state index in [1.807, 2.05) is 27.0 Å². The summed E-state index contributed by atoms with van der Waals surface area (Å²) in [5.74, 6) is -0.877. The van der Waals surface area contributed by atoms with E-state index in [-0.39, 0.29) is 42.6 Å². The number of likely N-dealkylation sites (tertiary alicyclic amines) is 1. The van der Waals surface area contributed by atoms with Crippen LogP contribution < -0.4 is 21.3 Å². The number of hydrogen-bond acceptors (Lipinski definition) is 7. The van der Waals surface area contributed by atoms with Crippen LogP contribution in [0.3, 0.4) is 0 Å². The number of amides is 4. The van der Waals surface area contributed by atoms with Crippen molar-refractivity contribution in [3.05, 3.63) is 0 Å². The lowest BCUT2D eigenvalue weighted by molar-refractivity contribution is -0.141. The van der Waals surface area contributed by atoms with Gasteiger partial charge < -0.3 is 26.2 Å². The van der Waals surface area contributed by atoms with Gasteiger partial charge >= 0.3 is 0 Å². The van der Waals surface area contributed by atoms with Crippen molar-refractivity contribution in [1.82, 2.24) is 26.2 Å². The smallest absolute Gasteiger partial charge is 0.243 e. The molecule has 11 heteroatoms. The van der Waals surface area contributed by atoms with Crippen molar-refractivity contribution in [2.75, 3.05) is 38.2 Å². The number of ketones is 1. The molecule has 1 aliphatic heterocycles. The van der Waals surface area contributed by atoms with Crippen molar-refractivity contribution in [3.8, 4) is 0 Å². The van der Waals surface area contributed by atoms with Crippen LogP contribution >= 0.6 is 11.8 Å². The van der Waals surface area contributed by atoms with Crippen LogP contribution in [0.5, 0.6) is 0 Å². The summed E-state index contributed by atoms with van der Waals surface area (Å²) in [5, 5.41) is 10.9. The topological polar surface area (TPSA) is 137 Å². The minimum absolute atomic E-state index is 0.0832. The minimum atomic E-state index is -0.794. The molecule has 0 saturated carbocycles. The molecule has 0 aromatic heterocycles. The third-order valence-electron chi connectivity index (χ3n) is 5.39. The normalized spacial score (nSPS) is 17.4. The molecular weight excluding hydrogens is 446 g/mol. The average Bonchev–Trinajstić information content (AvgIpc) is 3.26. The van der Waals surface area contributed by atoms with Gasteiger partial charge in [0.15, 0.2) is 0 Å². The maximum Gasteiger partial charge on any atom is 0.243 e. The Kier molecular flexibility index (Phi) is 13.0. The van der Waals surface area contributed by atoms with Gasteiger partial charge in [0.1, 0.15) is 17.9 Å². The Labute approximate surface area is 200 Å². The lowest BCUT2D eigenvalue weighted by Gasteiger charge is -2.30. The Balaban J connectivity index is 2.67. The molecule has 0 spiro atoms. The highest BCUT2D eigenvalue weighted by molar-refractivity contribution is 7.98. The Morgan fingerprint density at radius 2 is 1.79 bits per heavy atom. The van der Waals surface area contributed by atoms with Crippen LogP contribution in [0.25, 0.3) is 0 Å². The number of nitrogens with one attached hydrogen (secondary N) is 4. The first-order chi connectivity index (χ1) is 15.6. The molecule has 0 aromatic carbocycles. The molecule has 0 radical (unpaired) electrons. The minimum Gasteiger partial charge on any atom is -0.347 e. The molecule has 3 unspecified atom stereocenters. The van der Waals surface area contributed by atoms with Crippen LogP contribution in [0.1, 0.15) is 47.0 Å². The molecule has 1 fully saturated rings. The standard InChI is InChI=1S/C22H39N5O5S/c1-6-23-19(14(2)3)22(32)27-10-7-8-17(27)21(31)25-13-18(29)26-16(9-11-33-5)20(30)24-12-15(4)28/h14,16-17,19,23H,6-13H2,1-5H3,(H,24,30)(H,25,31)(H,26,29). The Bertz CT molecular complexity index is 703. The molecule has 4 N–H and O–H groups in total. The largest absolute Gasteiger partial charge is 0.347 e. The van der Waals surface area contributed by atoms with Gasteiger partial charge in [-0.2, -0.15) is 11.8 Å². The SMILES string of the molecule is CCNC(C(=O)N1CCCC1C(=O)NCC(=O)NC(CCSC)C(=O)NCC(C)=O)C(C)C. The molecule has 188 valence electrons. The first-order valence-corrected chi connectivity index (χ1v) is 12.9. The van der Waals surface area contributed by atoms with Crippen LogP contribution in [-0.4, -0.2) is 90.6 Å². The van der Waals surface area contributed by atoms with Gasteiger partial charge in [0.2, 0.25) is 23.6 Å². The summed E-state index contributed by atoms with van der Waals surface area (Å²) in [5.41, 5.74) is 0. The van der Waals surface area contributed by atoms with E-state index >= 15 is 0 Å². The molecule has 33 heavy (non-hydrogen) atoms. The molecule has 0 aliphatic carbocycles. The molecule has 0 aromatic rings. The summed E-state index contributed by atoms with van der Waals surface area (Å²) < 4.78 is 0. The highest BCUT2D eigenvalue weighted by atomic mass is 32.2.